The van der Waals surface area contributed by atoms with E-state index in [2.05, 4.69) is 0 Å². The van der Waals surface area contributed by atoms with Gasteiger partial charge in [-0.25, -0.2) is 4.39 Å². The van der Waals surface area contributed by atoms with E-state index < -0.39 is 18.2 Å². The zero-order valence-corrected chi connectivity index (χ0v) is 8.41. The van der Waals surface area contributed by atoms with Crippen LogP contribution in [0, 0.1) is 0 Å². The molecule has 0 aliphatic carbocycles. The highest BCUT2D eigenvalue weighted by atomic mass is 19.2. The third kappa shape index (κ3) is 4.85. The maximum Gasteiger partial charge on any atom is 0.337 e. The molecular weight excluding hydrogens is 191 g/mol. The third-order valence-corrected chi connectivity index (χ3v) is 2.13. The second-order valence-corrected chi connectivity index (χ2v) is 3.56. The normalized spacial score (nSPS) is 16.7. The van der Waals surface area contributed by atoms with Gasteiger partial charge in [-0.05, 0) is 6.42 Å². The molecule has 1 atom stereocenters. The average molecular weight is 210 g/mol. The molecule has 0 spiro atoms. The predicted octanol–water partition coefficient (Wildman–Crippen LogP) is 0.636. The van der Waals surface area contributed by atoms with E-state index in [9.17, 15) is 4.39 Å². The van der Waals surface area contributed by atoms with Crippen LogP contribution in [0.15, 0.2) is 0 Å². The van der Waals surface area contributed by atoms with E-state index in [1.807, 2.05) is 6.92 Å². The first-order valence-corrected chi connectivity index (χ1v) is 4.89. The van der Waals surface area contributed by atoms with Gasteiger partial charge in [0.05, 0.1) is 0 Å². The smallest absolute Gasteiger partial charge is 0.337 e. The lowest BCUT2D eigenvalue weighted by Gasteiger charge is -2.27. The van der Waals surface area contributed by atoms with Crippen LogP contribution in [-0.2, 0) is 0 Å². The summed E-state index contributed by atoms with van der Waals surface area (Å²) in [5, 5.41) is 34.1. The molecule has 0 aromatic heterocycles. The molecule has 0 heterocycles. The number of halogens is 1. The Morgan fingerprint density at radius 1 is 0.929 bits per heavy atom. The van der Waals surface area contributed by atoms with Gasteiger partial charge in [-0.3, -0.25) is 0 Å². The summed E-state index contributed by atoms with van der Waals surface area (Å²) in [7, 11) is 0. The van der Waals surface area contributed by atoms with Gasteiger partial charge in [0.15, 0.2) is 0 Å². The van der Waals surface area contributed by atoms with Gasteiger partial charge in [0.2, 0.25) is 0 Å². The van der Waals surface area contributed by atoms with Crippen molar-refractivity contribution in [2.75, 3.05) is 0 Å². The molecule has 4 N–H and O–H groups in total. The molecule has 0 aliphatic rings. The second-order valence-electron chi connectivity index (χ2n) is 3.56. The Hall–Kier alpha value is -0.230. The van der Waals surface area contributed by atoms with Crippen molar-refractivity contribution in [2.24, 2.45) is 0 Å². The summed E-state index contributed by atoms with van der Waals surface area (Å²) >= 11 is 0. The van der Waals surface area contributed by atoms with Crippen molar-refractivity contribution in [3.63, 3.8) is 0 Å². The number of unbranched alkanes of at least 4 members (excludes halogenated alkanes) is 4. The molecule has 1 unspecified atom stereocenters. The zero-order chi connectivity index (χ0) is 11.2. The number of hydrogen-bond donors (Lipinski definition) is 4. The number of hydrogen-bond acceptors (Lipinski definition) is 4. The van der Waals surface area contributed by atoms with E-state index in [1.165, 1.54) is 0 Å². The molecule has 5 heteroatoms. The molecule has 0 saturated heterocycles. The Bertz CT molecular complexity index is 153. The molecule has 0 aromatic rings. The Labute approximate surface area is 83.0 Å². The fraction of sp³-hybridized carbons (Fsp3) is 1.00. The first-order valence-electron chi connectivity index (χ1n) is 4.89. The molecule has 0 aliphatic heterocycles. The van der Waals surface area contributed by atoms with Crippen molar-refractivity contribution in [1.29, 1.82) is 0 Å². The van der Waals surface area contributed by atoms with Crippen LogP contribution >= 0.6 is 0 Å². The average Bonchev–Trinajstić information content (AvgIpc) is 2.02. The van der Waals surface area contributed by atoms with Crippen LogP contribution in [0.3, 0.4) is 0 Å². The molecule has 0 bridgehead atoms. The highest BCUT2D eigenvalue weighted by Crippen LogP contribution is 2.25. The van der Waals surface area contributed by atoms with Crippen LogP contribution in [0.1, 0.15) is 45.4 Å². The molecule has 0 fully saturated rings. The van der Waals surface area contributed by atoms with Crippen LogP contribution in [0.4, 0.5) is 4.39 Å². The second kappa shape index (κ2) is 5.60. The molecule has 0 rings (SSSR count). The zero-order valence-electron chi connectivity index (χ0n) is 8.41. The van der Waals surface area contributed by atoms with Crippen molar-refractivity contribution < 1.29 is 24.8 Å². The van der Waals surface area contributed by atoms with Gasteiger partial charge in [0.25, 0.3) is 5.85 Å². The van der Waals surface area contributed by atoms with Crippen molar-refractivity contribution >= 4 is 0 Å². The van der Waals surface area contributed by atoms with Gasteiger partial charge < -0.3 is 20.4 Å². The summed E-state index contributed by atoms with van der Waals surface area (Å²) in [6, 6.07) is 0. The van der Waals surface area contributed by atoms with E-state index in [0.29, 0.717) is 12.8 Å². The monoisotopic (exact) mass is 210 g/mol. The summed E-state index contributed by atoms with van der Waals surface area (Å²) in [4.78, 5) is 0. The van der Waals surface area contributed by atoms with Crippen LogP contribution < -0.4 is 0 Å². The minimum atomic E-state index is -3.67. The topological polar surface area (TPSA) is 80.9 Å². The number of alkyl halides is 1. The fourth-order valence-corrected chi connectivity index (χ4v) is 1.13. The van der Waals surface area contributed by atoms with Crippen molar-refractivity contribution in [2.45, 2.75) is 57.3 Å². The van der Waals surface area contributed by atoms with E-state index in [-0.39, 0.29) is 0 Å². The van der Waals surface area contributed by atoms with Crippen LogP contribution in [0.5, 0.6) is 0 Å². The summed E-state index contributed by atoms with van der Waals surface area (Å²) < 4.78 is 12.9. The molecular formula is C9H19FO4. The van der Waals surface area contributed by atoms with Gasteiger partial charge >= 0.3 is 5.97 Å². The predicted molar refractivity (Wildman–Crippen MR) is 48.8 cm³/mol. The Kier molecular flexibility index (Phi) is 5.51. The van der Waals surface area contributed by atoms with E-state index in [0.717, 1.165) is 19.3 Å². The van der Waals surface area contributed by atoms with Crippen molar-refractivity contribution in [3.8, 4) is 0 Å². The molecule has 0 aromatic carbocycles. The standard InChI is InChI=1S/C9H19FO4/c1-2-3-4-5-6-7-8(10,11)9(12,13)14/h11-14H,2-7H2,1H3. The fourth-order valence-electron chi connectivity index (χ4n) is 1.13. The lowest BCUT2D eigenvalue weighted by Crippen LogP contribution is -2.51. The van der Waals surface area contributed by atoms with Gasteiger partial charge in [0.1, 0.15) is 0 Å². The molecule has 0 radical (unpaired) electrons. The Balaban J connectivity index is 3.67. The van der Waals surface area contributed by atoms with Crippen molar-refractivity contribution in [1.82, 2.24) is 0 Å². The van der Waals surface area contributed by atoms with Gasteiger partial charge in [-0.1, -0.05) is 32.6 Å². The number of aliphatic hydroxyl groups is 4. The maximum atomic E-state index is 12.9. The molecule has 0 amide bonds. The molecule has 14 heavy (non-hydrogen) atoms. The van der Waals surface area contributed by atoms with Crippen LogP contribution in [-0.4, -0.2) is 32.3 Å². The lowest BCUT2D eigenvalue weighted by atomic mass is 10.1. The minimum Gasteiger partial charge on any atom is -0.356 e. The van der Waals surface area contributed by atoms with Crippen LogP contribution in [0.25, 0.3) is 0 Å². The van der Waals surface area contributed by atoms with E-state index >= 15 is 0 Å². The van der Waals surface area contributed by atoms with E-state index in [1.54, 1.807) is 0 Å². The maximum absolute atomic E-state index is 12.9. The summed E-state index contributed by atoms with van der Waals surface area (Å²) in [5.74, 6) is -7.02. The largest absolute Gasteiger partial charge is 0.356 e. The highest BCUT2D eigenvalue weighted by Gasteiger charge is 2.47. The van der Waals surface area contributed by atoms with Gasteiger partial charge in [0, 0.05) is 6.42 Å². The molecule has 86 valence electrons. The minimum absolute atomic E-state index is 0.302. The number of rotatable bonds is 7. The summed E-state index contributed by atoms with van der Waals surface area (Å²) in [6.07, 6.45) is 3.48. The quantitative estimate of drug-likeness (QED) is 0.367. The highest BCUT2D eigenvalue weighted by molar-refractivity contribution is 4.72. The Morgan fingerprint density at radius 2 is 1.43 bits per heavy atom. The third-order valence-electron chi connectivity index (χ3n) is 2.13. The molecule has 0 saturated carbocycles. The SMILES string of the molecule is CCCCCCCC(O)(F)C(O)(O)O. The first-order chi connectivity index (χ1) is 6.31. The first kappa shape index (κ1) is 13.8. The molecule has 4 nitrogen and oxygen atoms in total. The van der Waals surface area contributed by atoms with Crippen LogP contribution in [0.2, 0.25) is 0 Å². The summed E-state index contributed by atoms with van der Waals surface area (Å²) in [5.41, 5.74) is 0. The van der Waals surface area contributed by atoms with E-state index in [4.69, 9.17) is 20.4 Å². The summed E-state index contributed by atoms with van der Waals surface area (Å²) in [6.45, 7) is 2.03. The Morgan fingerprint density at radius 3 is 1.86 bits per heavy atom. The van der Waals surface area contributed by atoms with Gasteiger partial charge in [-0.15, -0.1) is 0 Å². The lowest BCUT2D eigenvalue weighted by molar-refractivity contribution is -0.426. The van der Waals surface area contributed by atoms with Gasteiger partial charge in [-0.2, -0.15) is 0 Å². The van der Waals surface area contributed by atoms with Crippen molar-refractivity contribution in [3.05, 3.63) is 0 Å².